The zero-order valence-corrected chi connectivity index (χ0v) is 44.6. The van der Waals surface area contributed by atoms with E-state index < -0.39 is 25.0 Å². The molecule has 0 unspecified atom stereocenters. The summed E-state index contributed by atoms with van der Waals surface area (Å²) in [7, 11) is -4.50. The van der Waals surface area contributed by atoms with E-state index in [1.807, 2.05) is 18.2 Å². The average Bonchev–Trinajstić information content (AvgIpc) is 3.13. The van der Waals surface area contributed by atoms with E-state index in [9.17, 15) is 0 Å². The highest BCUT2D eigenvalue weighted by molar-refractivity contribution is 6.75. The van der Waals surface area contributed by atoms with Crippen LogP contribution in [0.1, 0.15) is 114 Å². The standard InChI is InChI=1S/C50H90O6Si3/c1-38(46(53-37-43-30-32-44(51-14)33-31-43)39(2)34-52-36-42-27-22-21-23-28-42)26-24-25-29-45(55-58(17,18)49(8,9)10)41(4)47(56-59(19,20)50(11,12)13)40(3)35-54-57(15,16)48(5,6)7/h21-25,27-28,30-33,38-41,45-47H,26,29,34-37H2,1-20H3/b25-24+/t38-,39-,40-,41-,45+,46+,47-/m0/s1. The maximum atomic E-state index is 7.45. The molecular formula is C50H90O6Si3. The lowest BCUT2D eigenvalue weighted by Gasteiger charge is -2.47. The van der Waals surface area contributed by atoms with Gasteiger partial charge in [-0.05, 0) is 96.4 Å². The lowest BCUT2D eigenvalue weighted by molar-refractivity contribution is -0.0541. The summed E-state index contributed by atoms with van der Waals surface area (Å²) in [4.78, 5) is 0. The fraction of sp³-hybridized carbons (Fsp3) is 0.720. The first-order valence-electron chi connectivity index (χ1n) is 22.5. The van der Waals surface area contributed by atoms with Crippen molar-refractivity contribution in [1.29, 1.82) is 0 Å². The average molecular weight is 872 g/mol. The molecule has 0 heterocycles. The van der Waals surface area contributed by atoms with Crippen LogP contribution in [0.2, 0.25) is 54.4 Å². The second kappa shape index (κ2) is 22.7. The Morgan fingerprint density at radius 3 is 1.56 bits per heavy atom. The smallest absolute Gasteiger partial charge is 0.192 e. The van der Waals surface area contributed by atoms with E-state index in [2.05, 4.69) is 178 Å². The minimum absolute atomic E-state index is 0.00947. The molecule has 0 N–H and O–H groups in total. The van der Waals surface area contributed by atoms with Crippen molar-refractivity contribution in [1.82, 2.24) is 0 Å². The third-order valence-electron chi connectivity index (χ3n) is 13.9. The molecule has 59 heavy (non-hydrogen) atoms. The van der Waals surface area contributed by atoms with Crippen molar-refractivity contribution in [3.05, 3.63) is 77.9 Å². The van der Waals surface area contributed by atoms with Crippen molar-refractivity contribution in [2.45, 2.75) is 189 Å². The molecule has 9 heteroatoms. The Hall–Kier alpha value is -1.57. The number of hydrogen-bond acceptors (Lipinski definition) is 6. The summed E-state index contributed by atoms with van der Waals surface area (Å²) >= 11 is 0. The molecule has 2 aromatic carbocycles. The molecule has 0 radical (unpaired) electrons. The van der Waals surface area contributed by atoms with E-state index in [1.165, 1.54) is 5.56 Å². The van der Waals surface area contributed by atoms with Crippen LogP contribution in [-0.2, 0) is 36.0 Å². The van der Waals surface area contributed by atoms with Crippen LogP contribution in [0.25, 0.3) is 0 Å². The van der Waals surface area contributed by atoms with Crippen LogP contribution in [0.3, 0.4) is 0 Å². The lowest BCUT2D eigenvalue weighted by Crippen LogP contribution is -2.53. The molecule has 0 saturated carbocycles. The van der Waals surface area contributed by atoms with Gasteiger partial charge in [-0.1, -0.05) is 145 Å². The van der Waals surface area contributed by atoms with Gasteiger partial charge in [-0.25, -0.2) is 0 Å². The highest BCUT2D eigenvalue weighted by Crippen LogP contribution is 2.43. The molecule has 7 atom stereocenters. The minimum atomic E-state index is -2.13. The van der Waals surface area contributed by atoms with E-state index in [1.54, 1.807) is 7.11 Å². The largest absolute Gasteiger partial charge is 0.497 e. The first-order chi connectivity index (χ1) is 27.0. The Morgan fingerprint density at radius 1 is 0.542 bits per heavy atom. The summed E-state index contributed by atoms with van der Waals surface area (Å²) in [6.45, 7) is 47.1. The van der Waals surface area contributed by atoms with Gasteiger partial charge >= 0.3 is 0 Å². The predicted octanol–water partition coefficient (Wildman–Crippen LogP) is 14.5. The van der Waals surface area contributed by atoms with Gasteiger partial charge in [0.05, 0.1) is 45.2 Å². The molecule has 0 aliphatic rings. The second-order valence-electron chi connectivity index (χ2n) is 22.2. The number of allylic oxidation sites excluding steroid dienone is 1. The molecule has 0 aliphatic carbocycles. The monoisotopic (exact) mass is 871 g/mol. The zero-order valence-electron chi connectivity index (χ0n) is 41.6. The van der Waals surface area contributed by atoms with Gasteiger partial charge in [-0.3, -0.25) is 0 Å². The van der Waals surface area contributed by atoms with Crippen molar-refractivity contribution >= 4 is 25.0 Å². The number of hydrogen-bond donors (Lipinski definition) is 0. The van der Waals surface area contributed by atoms with Crippen molar-refractivity contribution in [2.75, 3.05) is 20.3 Å². The third kappa shape index (κ3) is 16.9. The summed E-state index contributed by atoms with van der Waals surface area (Å²) in [5, 5.41) is 0.326. The van der Waals surface area contributed by atoms with E-state index in [0.717, 1.165) is 24.2 Å². The van der Waals surface area contributed by atoms with Crippen LogP contribution in [0.4, 0.5) is 0 Å². The summed E-state index contributed by atoms with van der Waals surface area (Å²) < 4.78 is 40.2. The van der Waals surface area contributed by atoms with Gasteiger partial charge in [0.25, 0.3) is 0 Å². The fourth-order valence-electron chi connectivity index (χ4n) is 6.56. The lowest BCUT2D eigenvalue weighted by atomic mass is 9.88. The fourth-order valence-corrected chi connectivity index (χ4v) is 10.6. The van der Waals surface area contributed by atoms with Gasteiger partial charge in [0, 0.05) is 24.4 Å². The molecule has 338 valence electrons. The zero-order chi connectivity index (χ0) is 45.0. The predicted molar refractivity (Wildman–Crippen MR) is 260 cm³/mol. The Labute approximate surface area is 367 Å². The van der Waals surface area contributed by atoms with Crippen molar-refractivity contribution in [2.24, 2.45) is 23.7 Å². The quantitative estimate of drug-likeness (QED) is 0.0774. The Bertz CT molecular complexity index is 1500. The first kappa shape index (κ1) is 53.6. The van der Waals surface area contributed by atoms with Crippen LogP contribution in [0.5, 0.6) is 5.75 Å². The van der Waals surface area contributed by atoms with Crippen LogP contribution < -0.4 is 4.74 Å². The van der Waals surface area contributed by atoms with Gasteiger partial charge < -0.3 is 27.5 Å². The molecule has 0 fully saturated rings. The summed E-state index contributed by atoms with van der Waals surface area (Å²) in [5.74, 6) is 1.72. The van der Waals surface area contributed by atoms with E-state index >= 15 is 0 Å². The molecule has 0 aliphatic heterocycles. The maximum absolute atomic E-state index is 7.45. The molecular weight excluding hydrogens is 781 g/mol. The summed E-state index contributed by atoms with van der Waals surface area (Å²) in [6, 6.07) is 18.6. The van der Waals surface area contributed by atoms with Crippen LogP contribution in [-0.4, -0.2) is 63.6 Å². The highest BCUT2D eigenvalue weighted by Gasteiger charge is 2.46. The van der Waals surface area contributed by atoms with E-state index in [0.29, 0.717) is 26.4 Å². The minimum Gasteiger partial charge on any atom is -0.497 e. The topological polar surface area (TPSA) is 55.4 Å². The van der Waals surface area contributed by atoms with Gasteiger partial charge in [-0.15, -0.1) is 0 Å². The molecule has 2 rings (SSSR count). The molecule has 0 saturated heterocycles. The second-order valence-corrected chi connectivity index (χ2v) is 36.5. The number of benzene rings is 2. The molecule has 0 aromatic heterocycles. The van der Waals surface area contributed by atoms with Crippen molar-refractivity contribution in [3.63, 3.8) is 0 Å². The summed E-state index contributed by atoms with van der Waals surface area (Å²) in [5.41, 5.74) is 2.32. The normalized spacial score (nSPS) is 17.4. The van der Waals surface area contributed by atoms with Gasteiger partial charge in [0.2, 0.25) is 0 Å². The Morgan fingerprint density at radius 2 is 1.03 bits per heavy atom. The number of rotatable bonds is 24. The Kier molecular flexibility index (Phi) is 20.6. The van der Waals surface area contributed by atoms with E-state index in [4.69, 9.17) is 27.5 Å². The number of methoxy groups -OCH3 is 1. The third-order valence-corrected chi connectivity index (χ3v) is 27.4. The van der Waals surface area contributed by atoms with E-state index in [-0.39, 0.29) is 57.1 Å². The maximum Gasteiger partial charge on any atom is 0.192 e. The van der Waals surface area contributed by atoms with Crippen LogP contribution in [0, 0.1) is 23.7 Å². The SMILES string of the molecule is COc1ccc(CO[C@H]([C@@H](C)C/C=C/C[C@@H](O[Si](C)(C)C(C)(C)C)[C@H](C)[C@@H](O[Si](C)(C)C(C)(C)C)[C@@H](C)CO[Si](C)(C)C(C)(C)C)[C@@H](C)COCc2ccccc2)cc1. The first-order valence-corrected chi connectivity index (χ1v) is 31.3. The molecule has 2 aromatic rings. The molecule has 0 spiro atoms. The number of ether oxygens (including phenoxy) is 3. The molecule has 0 bridgehead atoms. The Balaban J connectivity index is 2.39. The molecule has 0 amide bonds. The highest BCUT2D eigenvalue weighted by atomic mass is 28.4. The summed E-state index contributed by atoms with van der Waals surface area (Å²) in [6.07, 6.45) is 6.52. The van der Waals surface area contributed by atoms with Gasteiger partial charge in [-0.2, -0.15) is 0 Å². The van der Waals surface area contributed by atoms with Crippen molar-refractivity contribution < 1.29 is 27.5 Å². The van der Waals surface area contributed by atoms with Crippen LogP contribution >= 0.6 is 0 Å². The van der Waals surface area contributed by atoms with Crippen molar-refractivity contribution in [3.8, 4) is 5.75 Å². The van der Waals surface area contributed by atoms with Gasteiger partial charge in [0.15, 0.2) is 25.0 Å². The van der Waals surface area contributed by atoms with Crippen LogP contribution in [0.15, 0.2) is 66.7 Å². The molecule has 6 nitrogen and oxygen atoms in total. The van der Waals surface area contributed by atoms with Gasteiger partial charge in [0.1, 0.15) is 5.75 Å².